The van der Waals surface area contributed by atoms with E-state index in [1.54, 1.807) is 0 Å². The predicted octanol–water partition coefficient (Wildman–Crippen LogP) is 2.00. The molecule has 3 heteroatoms. The first-order chi connectivity index (χ1) is 8.63. The fraction of sp³-hybridized carbons (Fsp3) is 0.467. The van der Waals surface area contributed by atoms with Gasteiger partial charge in [0, 0.05) is 43.3 Å². The van der Waals surface area contributed by atoms with Gasteiger partial charge in [-0.1, -0.05) is 18.2 Å². The van der Waals surface area contributed by atoms with Crippen molar-refractivity contribution < 1.29 is 0 Å². The highest BCUT2D eigenvalue weighted by molar-refractivity contribution is 5.83. The SMILES string of the molecule is CC(CN)N(C)CCc1cn(C)c2ccccc12. The van der Waals surface area contributed by atoms with Crippen LogP contribution in [0.1, 0.15) is 12.5 Å². The molecule has 1 aromatic heterocycles. The van der Waals surface area contributed by atoms with Crippen LogP contribution in [0.2, 0.25) is 0 Å². The molecule has 0 aliphatic heterocycles. The van der Waals surface area contributed by atoms with Gasteiger partial charge >= 0.3 is 0 Å². The molecule has 0 spiro atoms. The van der Waals surface area contributed by atoms with Gasteiger partial charge in [-0.25, -0.2) is 0 Å². The van der Waals surface area contributed by atoms with Crippen LogP contribution in [0.5, 0.6) is 0 Å². The fourth-order valence-electron chi connectivity index (χ4n) is 2.32. The Morgan fingerprint density at radius 2 is 2.06 bits per heavy atom. The molecule has 0 bridgehead atoms. The molecule has 98 valence electrons. The molecule has 0 radical (unpaired) electrons. The first-order valence-corrected chi connectivity index (χ1v) is 6.56. The van der Waals surface area contributed by atoms with E-state index < -0.39 is 0 Å². The van der Waals surface area contributed by atoms with Crippen molar-refractivity contribution in [1.29, 1.82) is 0 Å². The van der Waals surface area contributed by atoms with Crippen molar-refractivity contribution in [1.82, 2.24) is 9.47 Å². The van der Waals surface area contributed by atoms with Gasteiger partial charge in [0.1, 0.15) is 0 Å². The highest BCUT2D eigenvalue weighted by atomic mass is 15.1. The van der Waals surface area contributed by atoms with Gasteiger partial charge in [0.2, 0.25) is 0 Å². The van der Waals surface area contributed by atoms with Crippen LogP contribution in [0.15, 0.2) is 30.5 Å². The van der Waals surface area contributed by atoms with Gasteiger partial charge in [-0.2, -0.15) is 0 Å². The number of fused-ring (bicyclic) bond motifs is 1. The number of likely N-dealkylation sites (N-methyl/N-ethyl adjacent to an activating group) is 1. The van der Waals surface area contributed by atoms with Crippen molar-refractivity contribution in [3.05, 3.63) is 36.0 Å². The second-order valence-corrected chi connectivity index (χ2v) is 5.10. The molecule has 0 fully saturated rings. The van der Waals surface area contributed by atoms with E-state index in [0.717, 1.165) is 13.0 Å². The van der Waals surface area contributed by atoms with Crippen molar-refractivity contribution >= 4 is 10.9 Å². The first-order valence-electron chi connectivity index (χ1n) is 6.56. The summed E-state index contributed by atoms with van der Waals surface area (Å²) < 4.78 is 2.21. The van der Waals surface area contributed by atoms with Gasteiger partial charge in [-0.05, 0) is 32.0 Å². The molecule has 0 amide bonds. The number of nitrogens with two attached hydrogens (primary N) is 1. The number of rotatable bonds is 5. The minimum Gasteiger partial charge on any atom is -0.350 e. The lowest BCUT2D eigenvalue weighted by Crippen LogP contribution is -2.36. The lowest BCUT2D eigenvalue weighted by atomic mass is 10.1. The zero-order valence-corrected chi connectivity index (χ0v) is 11.6. The normalized spacial score (nSPS) is 13.4. The second kappa shape index (κ2) is 5.55. The van der Waals surface area contributed by atoms with Crippen molar-refractivity contribution in [3.8, 4) is 0 Å². The molecular weight excluding hydrogens is 222 g/mol. The van der Waals surface area contributed by atoms with Gasteiger partial charge < -0.3 is 15.2 Å². The molecule has 2 aromatic rings. The van der Waals surface area contributed by atoms with E-state index in [0.29, 0.717) is 12.6 Å². The molecule has 2 N–H and O–H groups in total. The summed E-state index contributed by atoms with van der Waals surface area (Å²) in [6, 6.07) is 9.02. The summed E-state index contributed by atoms with van der Waals surface area (Å²) in [5, 5.41) is 1.37. The lowest BCUT2D eigenvalue weighted by molar-refractivity contribution is 0.266. The second-order valence-electron chi connectivity index (χ2n) is 5.10. The Labute approximate surface area is 109 Å². The minimum atomic E-state index is 0.444. The molecule has 0 saturated carbocycles. The molecule has 1 atom stereocenters. The Morgan fingerprint density at radius 1 is 1.33 bits per heavy atom. The Bertz CT molecular complexity index is 515. The molecule has 0 aliphatic carbocycles. The predicted molar refractivity (Wildman–Crippen MR) is 77.8 cm³/mol. The summed E-state index contributed by atoms with van der Waals surface area (Å²) in [6.07, 6.45) is 3.31. The molecule has 2 rings (SSSR count). The van der Waals surface area contributed by atoms with Crippen LogP contribution < -0.4 is 5.73 Å². The van der Waals surface area contributed by atoms with E-state index in [1.807, 2.05) is 0 Å². The third kappa shape index (κ3) is 2.57. The minimum absolute atomic E-state index is 0.444. The van der Waals surface area contributed by atoms with E-state index in [4.69, 9.17) is 5.73 Å². The molecule has 0 aliphatic rings. The van der Waals surface area contributed by atoms with Crippen LogP contribution in [0.25, 0.3) is 10.9 Å². The van der Waals surface area contributed by atoms with Crippen molar-refractivity contribution in [2.45, 2.75) is 19.4 Å². The third-order valence-electron chi connectivity index (χ3n) is 3.81. The summed E-state index contributed by atoms with van der Waals surface area (Å²) in [7, 11) is 4.25. The maximum atomic E-state index is 5.69. The number of aryl methyl sites for hydroxylation is 1. The summed E-state index contributed by atoms with van der Waals surface area (Å²) in [5.41, 5.74) is 8.42. The molecule has 18 heavy (non-hydrogen) atoms. The van der Waals surface area contributed by atoms with Crippen molar-refractivity contribution in [2.75, 3.05) is 20.1 Å². The summed E-state index contributed by atoms with van der Waals surface area (Å²) >= 11 is 0. The molecule has 1 aromatic carbocycles. The van der Waals surface area contributed by atoms with Crippen LogP contribution >= 0.6 is 0 Å². The van der Waals surface area contributed by atoms with Gasteiger partial charge in [-0.3, -0.25) is 0 Å². The van der Waals surface area contributed by atoms with Crippen LogP contribution in [0.3, 0.4) is 0 Å². The zero-order valence-electron chi connectivity index (χ0n) is 11.6. The van der Waals surface area contributed by atoms with Crippen LogP contribution in [-0.4, -0.2) is 35.6 Å². The smallest absolute Gasteiger partial charge is 0.0480 e. The Kier molecular flexibility index (Phi) is 4.04. The Balaban J connectivity index is 2.13. The summed E-state index contributed by atoms with van der Waals surface area (Å²) in [5.74, 6) is 0. The maximum absolute atomic E-state index is 5.69. The zero-order chi connectivity index (χ0) is 13.1. The van der Waals surface area contributed by atoms with E-state index in [-0.39, 0.29) is 0 Å². The number of aromatic nitrogens is 1. The molecule has 1 unspecified atom stereocenters. The van der Waals surface area contributed by atoms with E-state index >= 15 is 0 Å². The van der Waals surface area contributed by atoms with Crippen molar-refractivity contribution in [2.24, 2.45) is 12.8 Å². The largest absolute Gasteiger partial charge is 0.350 e. The van der Waals surface area contributed by atoms with Crippen LogP contribution in [-0.2, 0) is 13.5 Å². The van der Waals surface area contributed by atoms with E-state index in [2.05, 4.69) is 60.9 Å². The first kappa shape index (κ1) is 13.1. The number of benzene rings is 1. The average Bonchev–Trinajstić information content (AvgIpc) is 2.72. The average molecular weight is 245 g/mol. The van der Waals surface area contributed by atoms with Crippen molar-refractivity contribution in [3.63, 3.8) is 0 Å². The lowest BCUT2D eigenvalue weighted by Gasteiger charge is -2.22. The number of para-hydroxylation sites is 1. The number of hydrogen-bond acceptors (Lipinski definition) is 2. The number of nitrogens with zero attached hydrogens (tertiary/aromatic N) is 2. The molecule has 0 saturated heterocycles. The number of hydrogen-bond donors (Lipinski definition) is 1. The summed E-state index contributed by atoms with van der Waals surface area (Å²) in [6.45, 7) is 3.93. The molecule has 1 heterocycles. The Morgan fingerprint density at radius 3 is 2.78 bits per heavy atom. The molecular formula is C15H23N3. The van der Waals surface area contributed by atoms with Crippen LogP contribution in [0.4, 0.5) is 0 Å². The topological polar surface area (TPSA) is 34.2 Å². The maximum Gasteiger partial charge on any atom is 0.0480 e. The van der Waals surface area contributed by atoms with Gasteiger partial charge in [0.25, 0.3) is 0 Å². The quantitative estimate of drug-likeness (QED) is 0.874. The monoisotopic (exact) mass is 245 g/mol. The fourth-order valence-corrected chi connectivity index (χ4v) is 2.32. The standard InChI is InChI=1S/C15H23N3/c1-12(10-16)17(2)9-8-13-11-18(3)15-7-5-4-6-14(13)15/h4-7,11-12H,8-10,16H2,1-3H3. The van der Waals surface area contributed by atoms with E-state index in [1.165, 1.54) is 16.5 Å². The highest BCUT2D eigenvalue weighted by Gasteiger charge is 2.09. The molecule has 3 nitrogen and oxygen atoms in total. The van der Waals surface area contributed by atoms with E-state index in [9.17, 15) is 0 Å². The summed E-state index contributed by atoms with van der Waals surface area (Å²) in [4.78, 5) is 2.32. The van der Waals surface area contributed by atoms with Gasteiger partial charge in [-0.15, -0.1) is 0 Å². The van der Waals surface area contributed by atoms with Gasteiger partial charge in [0.05, 0.1) is 0 Å². The van der Waals surface area contributed by atoms with Crippen LogP contribution in [0, 0.1) is 0 Å². The highest BCUT2D eigenvalue weighted by Crippen LogP contribution is 2.20. The Hall–Kier alpha value is -1.32. The van der Waals surface area contributed by atoms with Gasteiger partial charge in [0.15, 0.2) is 0 Å². The third-order valence-corrected chi connectivity index (χ3v) is 3.81.